The average molecular weight is 241 g/mol. The molecule has 0 amide bonds. The lowest BCUT2D eigenvalue weighted by Crippen LogP contribution is -2.33. The molecule has 0 radical (unpaired) electrons. The highest BCUT2D eigenvalue weighted by Crippen LogP contribution is 2.29. The molecule has 0 aliphatic rings. The molecule has 1 aromatic rings. The number of methoxy groups -OCH3 is 1. The molecule has 1 N–H and O–H groups in total. The maximum absolute atomic E-state index is 13.7. The van der Waals surface area contributed by atoms with E-state index in [9.17, 15) is 9.50 Å². The van der Waals surface area contributed by atoms with E-state index in [2.05, 4.69) is 0 Å². The van der Waals surface area contributed by atoms with Gasteiger partial charge in [-0.3, -0.25) is 0 Å². The Labute approximate surface area is 102 Å². The van der Waals surface area contributed by atoms with Crippen LogP contribution in [0.25, 0.3) is 0 Å². The van der Waals surface area contributed by atoms with Crippen LogP contribution in [-0.4, -0.2) is 31.9 Å². The van der Waals surface area contributed by atoms with Crippen LogP contribution in [0.5, 0.6) is 0 Å². The first-order chi connectivity index (χ1) is 7.99. The first-order valence-electron chi connectivity index (χ1n) is 5.67. The summed E-state index contributed by atoms with van der Waals surface area (Å²) in [5.41, 5.74) is 1.03. The topological polar surface area (TPSA) is 32.7 Å². The van der Waals surface area contributed by atoms with Gasteiger partial charge in [-0.25, -0.2) is 4.39 Å². The predicted molar refractivity (Wildman–Crippen MR) is 66.8 cm³/mol. The first-order valence-corrected chi connectivity index (χ1v) is 5.67. The summed E-state index contributed by atoms with van der Waals surface area (Å²) in [7, 11) is 3.50. The van der Waals surface area contributed by atoms with Crippen LogP contribution in [0.1, 0.15) is 25.5 Å². The van der Waals surface area contributed by atoms with E-state index in [1.165, 1.54) is 6.07 Å². The van der Waals surface area contributed by atoms with Gasteiger partial charge < -0.3 is 14.7 Å². The summed E-state index contributed by atoms with van der Waals surface area (Å²) in [6, 6.07) is 4.92. The Morgan fingerprint density at radius 1 is 1.41 bits per heavy atom. The molecule has 4 heteroatoms. The highest BCUT2D eigenvalue weighted by molar-refractivity contribution is 5.55. The van der Waals surface area contributed by atoms with E-state index in [1.54, 1.807) is 26.2 Å². The van der Waals surface area contributed by atoms with Gasteiger partial charge >= 0.3 is 0 Å². The Morgan fingerprint density at radius 3 is 2.59 bits per heavy atom. The fourth-order valence-corrected chi connectivity index (χ4v) is 1.84. The van der Waals surface area contributed by atoms with E-state index in [0.717, 1.165) is 0 Å². The van der Waals surface area contributed by atoms with Crippen LogP contribution in [0.3, 0.4) is 0 Å². The first kappa shape index (κ1) is 13.9. The Bertz CT molecular complexity index is 368. The van der Waals surface area contributed by atoms with Crippen molar-refractivity contribution in [3.63, 3.8) is 0 Å². The van der Waals surface area contributed by atoms with Gasteiger partial charge in [0.15, 0.2) is 0 Å². The summed E-state index contributed by atoms with van der Waals surface area (Å²) in [6.45, 7) is 4.10. The van der Waals surface area contributed by atoms with Crippen molar-refractivity contribution >= 4 is 5.69 Å². The molecule has 0 heterocycles. The van der Waals surface area contributed by atoms with Crippen molar-refractivity contribution in [1.29, 1.82) is 0 Å². The van der Waals surface area contributed by atoms with Gasteiger partial charge in [-0.1, -0.05) is 6.07 Å². The lowest BCUT2D eigenvalue weighted by atomic mass is 10.1. The number of anilines is 1. The van der Waals surface area contributed by atoms with Crippen LogP contribution in [0.4, 0.5) is 10.1 Å². The maximum atomic E-state index is 13.7. The van der Waals surface area contributed by atoms with Crippen LogP contribution in [0.15, 0.2) is 18.2 Å². The SMILES string of the molecule is COCC(C)N(C)c1cccc(F)c1[C@@H](C)O. The van der Waals surface area contributed by atoms with Gasteiger partial charge in [0.1, 0.15) is 5.82 Å². The van der Waals surface area contributed by atoms with Gasteiger partial charge in [-0.2, -0.15) is 0 Å². The minimum Gasteiger partial charge on any atom is -0.389 e. The van der Waals surface area contributed by atoms with Crippen molar-refractivity contribution in [2.75, 3.05) is 25.7 Å². The van der Waals surface area contributed by atoms with E-state index in [1.807, 2.05) is 18.9 Å². The normalized spacial score (nSPS) is 14.5. The van der Waals surface area contributed by atoms with E-state index in [-0.39, 0.29) is 11.9 Å². The summed E-state index contributed by atoms with van der Waals surface area (Å²) in [5, 5.41) is 9.65. The van der Waals surface area contributed by atoms with Crippen LogP contribution in [0.2, 0.25) is 0 Å². The minimum atomic E-state index is -0.830. The standard InChI is InChI=1S/C13H20FNO2/c1-9(8-17-4)15(3)12-7-5-6-11(14)13(12)10(2)16/h5-7,9-10,16H,8H2,1-4H3/t9?,10-/m1/s1. The number of likely N-dealkylation sites (N-methyl/N-ethyl adjacent to an activating group) is 1. The zero-order valence-corrected chi connectivity index (χ0v) is 10.8. The Kier molecular flexibility index (Phi) is 4.90. The fourth-order valence-electron chi connectivity index (χ4n) is 1.84. The number of aliphatic hydroxyl groups excluding tert-OH is 1. The van der Waals surface area contributed by atoms with Crippen molar-refractivity contribution in [2.24, 2.45) is 0 Å². The average Bonchev–Trinajstić information content (AvgIpc) is 2.27. The summed E-state index contributed by atoms with van der Waals surface area (Å²) in [4.78, 5) is 1.91. The number of hydrogen-bond acceptors (Lipinski definition) is 3. The molecule has 1 unspecified atom stereocenters. The molecular formula is C13H20FNO2. The zero-order valence-electron chi connectivity index (χ0n) is 10.8. The number of benzene rings is 1. The van der Waals surface area contributed by atoms with Crippen molar-refractivity contribution in [3.8, 4) is 0 Å². The minimum absolute atomic E-state index is 0.110. The third kappa shape index (κ3) is 3.17. The van der Waals surface area contributed by atoms with Crippen molar-refractivity contribution in [3.05, 3.63) is 29.6 Å². The molecule has 0 aliphatic carbocycles. The number of rotatable bonds is 5. The van der Waals surface area contributed by atoms with Crippen LogP contribution >= 0.6 is 0 Å². The van der Waals surface area contributed by atoms with E-state index in [4.69, 9.17) is 4.74 Å². The Balaban J connectivity index is 3.08. The molecule has 0 aliphatic heterocycles. The second-order valence-corrected chi connectivity index (χ2v) is 4.26. The molecule has 17 heavy (non-hydrogen) atoms. The quantitative estimate of drug-likeness (QED) is 0.859. The van der Waals surface area contributed by atoms with Gasteiger partial charge in [0, 0.05) is 31.5 Å². The van der Waals surface area contributed by atoms with Crippen LogP contribution in [-0.2, 0) is 4.74 Å². The highest BCUT2D eigenvalue weighted by atomic mass is 19.1. The molecular weight excluding hydrogens is 221 g/mol. The molecule has 0 saturated carbocycles. The number of ether oxygens (including phenoxy) is 1. The van der Waals surface area contributed by atoms with Gasteiger partial charge in [-0.15, -0.1) is 0 Å². The van der Waals surface area contributed by atoms with E-state index < -0.39 is 6.10 Å². The van der Waals surface area contributed by atoms with E-state index >= 15 is 0 Å². The smallest absolute Gasteiger partial charge is 0.131 e. The molecule has 3 nitrogen and oxygen atoms in total. The fraction of sp³-hybridized carbons (Fsp3) is 0.538. The number of nitrogens with zero attached hydrogens (tertiary/aromatic N) is 1. The van der Waals surface area contributed by atoms with Gasteiger partial charge in [-0.05, 0) is 26.0 Å². The summed E-state index contributed by atoms with van der Waals surface area (Å²) in [6.07, 6.45) is -0.830. The summed E-state index contributed by atoms with van der Waals surface area (Å²) >= 11 is 0. The Hall–Kier alpha value is -1.13. The molecule has 0 fully saturated rings. The molecule has 0 bridgehead atoms. The summed E-state index contributed by atoms with van der Waals surface area (Å²) in [5.74, 6) is -0.381. The Morgan fingerprint density at radius 2 is 2.06 bits per heavy atom. The predicted octanol–water partition coefficient (Wildman–Crippen LogP) is 2.35. The molecule has 0 spiro atoms. The van der Waals surface area contributed by atoms with Gasteiger partial charge in [0.05, 0.1) is 12.7 Å². The van der Waals surface area contributed by atoms with Crippen LogP contribution in [0, 0.1) is 5.82 Å². The highest BCUT2D eigenvalue weighted by Gasteiger charge is 2.19. The number of hydrogen-bond donors (Lipinski definition) is 1. The van der Waals surface area contributed by atoms with Gasteiger partial charge in [0.25, 0.3) is 0 Å². The lowest BCUT2D eigenvalue weighted by molar-refractivity contribution is 0.181. The molecule has 96 valence electrons. The van der Waals surface area contributed by atoms with Crippen molar-refractivity contribution < 1.29 is 14.2 Å². The van der Waals surface area contributed by atoms with Crippen molar-refractivity contribution in [1.82, 2.24) is 0 Å². The second kappa shape index (κ2) is 5.98. The van der Waals surface area contributed by atoms with Gasteiger partial charge in [0.2, 0.25) is 0 Å². The van der Waals surface area contributed by atoms with Crippen molar-refractivity contribution in [2.45, 2.75) is 26.0 Å². The maximum Gasteiger partial charge on any atom is 0.131 e. The monoisotopic (exact) mass is 241 g/mol. The molecule has 2 atom stereocenters. The third-order valence-electron chi connectivity index (χ3n) is 2.90. The zero-order chi connectivity index (χ0) is 13.0. The molecule has 0 saturated heterocycles. The molecule has 1 aromatic carbocycles. The lowest BCUT2D eigenvalue weighted by Gasteiger charge is -2.29. The number of halogens is 1. The second-order valence-electron chi connectivity index (χ2n) is 4.26. The number of aliphatic hydroxyl groups is 1. The van der Waals surface area contributed by atoms with E-state index in [0.29, 0.717) is 17.9 Å². The molecule has 1 rings (SSSR count). The molecule has 0 aromatic heterocycles. The third-order valence-corrected chi connectivity index (χ3v) is 2.90. The van der Waals surface area contributed by atoms with Crippen LogP contribution < -0.4 is 4.90 Å². The summed E-state index contributed by atoms with van der Waals surface area (Å²) < 4.78 is 18.8. The largest absolute Gasteiger partial charge is 0.389 e.